The van der Waals surface area contributed by atoms with Gasteiger partial charge in [-0.2, -0.15) is 4.31 Å². The number of halogens is 2. The van der Waals surface area contributed by atoms with Gasteiger partial charge in [-0.1, -0.05) is 0 Å². The molecule has 27 heavy (non-hydrogen) atoms. The van der Waals surface area contributed by atoms with Gasteiger partial charge < -0.3 is 10.2 Å². The second kappa shape index (κ2) is 8.72. The van der Waals surface area contributed by atoms with Crippen LogP contribution in [0.15, 0.2) is 23.1 Å². The van der Waals surface area contributed by atoms with Crippen molar-refractivity contribution in [3.05, 3.63) is 29.8 Å². The maximum absolute atomic E-state index is 13.8. The molecule has 1 heterocycles. The van der Waals surface area contributed by atoms with Gasteiger partial charge in [-0.15, -0.1) is 0 Å². The van der Waals surface area contributed by atoms with Crippen LogP contribution in [0.3, 0.4) is 0 Å². The zero-order valence-corrected chi connectivity index (χ0v) is 15.9. The Bertz CT molecular complexity index is 811. The van der Waals surface area contributed by atoms with Crippen LogP contribution in [0.1, 0.15) is 0 Å². The third-order valence-corrected chi connectivity index (χ3v) is 6.22. The minimum atomic E-state index is -4.08. The van der Waals surface area contributed by atoms with E-state index in [4.69, 9.17) is 0 Å². The van der Waals surface area contributed by atoms with Crippen molar-refractivity contribution in [1.29, 1.82) is 0 Å². The largest absolute Gasteiger partial charge is 0.358 e. The molecule has 1 fully saturated rings. The Balaban J connectivity index is 1.94. The SMILES string of the molecule is CNC(=O)CN(C)C(=O)CN1CCN(S(=O)(=O)c2ccc(F)cc2F)CC1. The van der Waals surface area contributed by atoms with E-state index in [-0.39, 0.29) is 51.1 Å². The summed E-state index contributed by atoms with van der Waals surface area (Å²) in [6.07, 6.45) is 0. The molecule has 1 aliphatic heterocycles. The second-order valence-corrected chi connectivity index (χ2v) is 8.08. The van der Waals surface area contributed by atoms with Gasteiger partial charge in [0.25, 0.3) is 0 Å². The molecule has 0 bridgehead atoms. The molecule has 1 aromatic rings. The number of piperazine rings is 1. The Morgan fingerprint density at radius 1 is 1.19 bits per heavy atom. The van der Waals surface area contributed by atoms with Gasteiger partial charge in [0, 0.05) is 46.3 Å². The first-order valence-corrected chi connectivity index (χ1v) is 9.71. The van der Waals surface area contributed by atoms with Crippen LogP contribution in [0.4, 0.5) is 8.78 Å². The van der Waals surface area contributed by atoms with Gasteiger partial charge in [0.05, 0.1) is 13.1 Å². The van der Waals surface area contributed by atoms with E-state index in [1.54, 1.807) is 4.90 Å². The molecule has 0 saturated carbocycles. The average molecular weight is 404 g/mol. The molecule has 0 radical (unpaired) electrons. The van der Waals surface area contributed by atoms with Crippen molar-refractivity contribution in [2.45, 2.75) is 4.90 Å². The monoisotopic (exact) mass is 404 g/mol. The molecule has 0 aliphatic carbocycles. The Hall–Kier alpha value is -2.11. The third-order valence-electron chi connectivity index (χ3n) is 4.29. The molecule has 2 amide bonds. The normalized spacial score (nSPS) is 16.1. The molecule has 0 unspecified atom stereocenters. The van der Waals surface area contributed by atoms with Gasteiger partial charge in [-0.3, -0.25) is 14.5 Å². The van der Waals surface area contributed by atoms with Crippen molar-refractivity contribution in [3.63, 3.8) is 0 Å². The Morgan fingerprint density at radius 3 is 2.37 bits per heavy atom. The summed E-state index contributed by atoms with van der Waals surface area (Å²) in [6, 6.07) is 2.33. The maximum atomic E-state index is 13.8. The lowest BCUT2D eigenvalue weighted by Crippen LogP contribution is -2.51. The van der Waals surface area contributed by atoms with E-state index in [1.807, 2.05) is 0 Å². The Labute approximate surface area is 156 Å². The molecule has 1 aliphatic rings. The number of likely N-dealkylation sites (N-methyl/N-ethyl adjacent to an activating group) is 2. The van der Waals surface area contributed by atoms with Gasteiger partial charge in [-0.25, -0.2) is 17.2 Å². The van der Waals surface area contributed by atoms with Crippen molar-refractivity contribution in [2.24, 2.45) is 0 Å². The molecular weight excluding hydrogens is 382 g/mol. The lowest BCUT2D eigenvalue weighted by Gasteiger charge is -2.34. The van der Waals surface area contributed by atoms with Crippen LogP contribution < -0.4 is 5.32 Å². The predicted octanol–water partition coefficient (Wildman–Crippen LogP) is -0.524. The van der Waals surface area contributed by atoms with E-state index in [0.717, 1.165) is 16.4 Å². The van der Waals surface area contributed by atoms with E-state index in [2.05, 4.69) is 5.32 Å². The van der Waals surface area contributed by atoms with Crippen LogP contribution in [0.2, 0.25) is 0 Å². The summed E-state index contributed by atoms with van der Waals surface area (Å²) in [7, 11) is -1.09. The maximum Gasteiger partial charge on any atom is 0.246 e. The van der Waals surface area contributed by atoms with E-state index in [9.17, 15) is 26.8 Å². The van der Waals surface area contributed by atoms with Gasteiger partial charge in [0.2, 0.25) is 21.8 Å². The highest BCUT2D eigenvalue weighted by molar-refractivity contribution is 7.89. The van der Waals surface area contributed by atoms with Gasteiger partial charge in [0.15, 0.2) is 0 Å². The van der Waals surface area contributed by atoms with Gasteiger partial charge in [0.1, 0.15) is 16.5 Å². The fourth-order valence-corrected chi connectivity index (χ4v) is 4.11. The van der Waals surface area contributed by atoms with Crippen molar-refractivity contribution >= 4 is 21.8 Å². The third kappa shape index (κ3) is 5.21. The number of rotatable bonds is 6. The molecular formula is C16H22F2N4O4S. The van der Waals surface area contributed by atoms with Gasteiger partial charge in [-0.05, 0) is 12.1 Å². The molecule has 150 valence electrons. The highest BCUT2D eigenvalue weighted by atomic mass is 32.2. The predicted molar refractivity (Wildman–Crippen MR) is 93.3 cm³/mol. The van der Waals surface area contributed by atoms with Crippen LogP contribution >= 0.6 is 0 Å². The van der Waals surface area contributed by atoms with Crippen LogP contribution in [0.25, 0.3) is 0 Å². The molecule has 11 heteroatoms. The number of hydrogen-bond acceptors (Lipinski definition) is 5. The number of nitrogens with zero attached hydrogens (tertiary/aromatic N) is 3. The van der Waals surface area contributed by atoms with Crippen molar-refractivity contribution in [3.8, 4) is 0 Å². The number of amides is 2. The summed E-state index contributed by atoms with van der Waals surface area (Å²) >= 11 is 0. The van der Waals surface area contributed by atoms with E-state index in [0.29, 0.717) is 6.07 Å². The average Bonchev–Trinajstić information content (AvgIpc) is 2.61. The Kier molecular flexibility index (Phi) is 6.84. The first kappa shape index (κ1) is 21.2. The van der Waals surface area contributed by atoms with Crippen molar-refractivity contribution in [2.75, 3.05) is 53.4 Å². The van der Waals surface area contributed by atoms with Crippen LogP contribution in [0, 0.1) is 11.6 Å². The fraction of sp³-hybridized carbons (Fsp3) is 0.500. The van der Waals surface area contributed by atoms with Crippen LogP contribution in [0.5, 0.6) is 0 Å². The smallest absolute Gasteiger partial charge is 0.246 e. The molecule has 1 aromatic carbocycles. The lowest BCUT2D eigenvalue weighted by atomic mass is 10.3. The number of carbonyl (C=O) groups excluding carboxylic acids is 2. The minimum absolute atomic E-state index is 0.0479. The number of carbonyl (C=O) groups is 2. The lowest BCUT2D eigenvalue weighted by molar-refractivity contribution is -0.135. The topological polar surface area (TPSA) is 90.0 Å². The summed E-state index contributed by atoms with van der Waals surface area (Å²) in [4.78, 5) is 25.9. The minimum Gasteiger partial charge on any atom is -0.358 e. The number of benzene rings is 1. The number of sulfonamides is 1. The highest BCUT2D eigenvalue weighted by Crippen LogP contribution is 2.21. The number of hydrogen-bond donors (Lipinski definition) is 1. The molecule has 0 spiro atoms. The summed E-state index contributed by atoms with van der Waals surface area (Å²) in [5, 5.41) is 2.43. The van der Waals surface area contributed by atoms with E-state index in [1.165, 1.54) is 19.0 Å². The second-order valence-electron chi connectivity index (χ2n) is 6.18. The zero-order valence-electron chi connectivity index (χ0n) is 15.1. The summed E-state index contributed by atoms with van der Waals surface area (Å²) in [5.74, 6) is -2.54. The van der Waals surface area contributed by atoms with Crippen molar-refractivity contribution in [1.82, 2.24) is 19.4 Å². The van der Waals surface area contributed by atoms with E-state index >= 15 is 0 Å². The highest BCUT2D eigenvalue weighted by Gasteiger charge is 2.31. The van der Waals surface area contributed by atoms with Crippen LogP contribution in [-0.2, 0) is 19.6 Å². The van der Waals surface area contributed by atoms with Crippen LogP contribution in [-0.4, -0.2) is 87.7 Å². The van der Waals surface area contributed by atoms with Crippen molar-refractivity contribution < 1.29 is 26.8 Å². The first-order chi connectivity index (χ1) is 12.6. The van der Waals surface area contributed by atoms with E-state index < -0.39 is 26.6 Å². The first-order valence-electron chi connectivity index (χ1n) is 8.27. The number of nitrogens with one attached hydrogen (secondary N) is 1. The quantitative estimate of drug-likeness (QED) is 0.689. The molecule has 0 atom stereocenters. The molecule has 0 aromatic heterocycles. The summed E-state index contributed by atoms with van der Waals surface area (Å²) < 4.78 is 53.0. The molecule has 1 N–H and O–H groups in total. The van der Waals surface area contributed by atoms with Gasteiger partial charge >= 0.3 is 0 Å². The molecule has 1 saturated heterocycles. The Morgan fingerprint density at radius 2 is 1.81 bits per heavy atom. The zero-order chi connectivity index (χ0) is 20.2. The fourth-order valence-electron chi connectivity index (χ4n) is 2.65. The summed E-state index contributed by atoms with van der Waals surface area (Å²) in [6.45, 7) is 0.695. The standard InChI is InChI=1S/C16H22F2N4O4S/c1-19-15(23)10-20(2)16(24)11-21-5-7-22(8-6-21)27(25,26)14-4-3-12(17)9-13(14)18/h3-4,9H,5-8,10-11H2,1-2H3,(H,19,23). The molecule has 2 rings (SSSR count). The molecule has 8 nitrogen and oxygen atoms in total. The summed E-state index contributed by atoms with van der Waals surface area (Å²) in [5.41, 5.74) is 0.